The van der Waals surface area contributed by atoms with E-state index in [1.165, 1.54) is 11.1 Å². The largest absolute Gasteiger partial charge is 0.384 e. The number of anilines is 1. The maximum atomic E-state index is 12.7. The Morgan fingerprint density at radius 2 is 2.15 bits per heavy atom. The van der Waals surface area contributed by atoms with Crippen molar-refractivity contribution in [3.63, 3.8) is 0 Å². The van der Waals surface area contributed by atoms with Crippen LogP contribution >= 0.6 is 0 Å². The van der Waals surface area contributed by atoms with Crippen LogP contribution in [0.5, 0.6) is 0 Å². The summed E-state index contributed by atoms with van der Waals surface area (Å²) in [5.74, 6) is 1.41. The first-order valence-corrected chi connectivity index (χ1v) is 9.04. The number of likely N-dealkylation sites (N-methyl/N-ethyl adjacent to an activating group) is 1. The van der Waals surface area contributed by atoms with Gasteiger partial charge in [0.15, 0.2) is 0 Å². The second-order valence-electron chi connectivity index (χ2n) is 7.20. The number of nitrogen functional groups attached to an aromatic ring is 1. The van der Waals surface area contributed by atoms with Crippen LogP contribution in [-0.2, 0) is 17.8 Å². The van der Waals surface area contributed by atoms with Gasteiger partial charge in [-0.3, -0.25) is 9.69 Å². The highest BCUT2D eigenvalue weighted by molar-refractivity contribution is 5.79. The SMILES string of the molecule is Cc1ccc(C)c(CC(=O)N2CC[C@H](N(C)Cc3nccc(N)n3)C2)c1. The van der Waals surface area contributed by atoms with Crippen LogP contribution < -0.4 is 5.73 Å². The Bertz CT molecular complexity index is 792. The number of carbonyl (C=O) groups is 1. The second-order valence-corrected chi connectivity index (χ2v) is 7.20. The van der Waals surface area contributed by atoms with Crippen LogP contribution in [0.2, 0.25) is 0 Å². The van der Waals surface area contributed by atoms with Gasteiger partial charge in [0.25, 0.3) is 0 Å². The molecule has 1 amide bonds. The molecule has 1 aromatic carbocycles. The van der Waals surface area contributed by atoms with E-state index in [0.717, 1.165) is 25.1 Å². The monoisotopic (exact) mass is 353 g/mol. The van der Waals surface area contributed by atoms with E-state index in [2.05, 4.69) is 54.0 Å². The van der Waals surface area contributed by atoms with Gasteiger partial charge in [0.1, 0.15) is 11.6 Å². The molecule has 1 saturated heterocycles. The predicted molar refractivity (Wildman–Crippen MR) is 103 cm³/mol. The summed E-state index contributed by atoms with van der Waals surface area (Å²) in [5.41, 5.74) is 9.22. The topological polar surface area (TPSA) is 75.4 Å². The highest BCUT2D eigenvalue weighted by atomic mass is 16.2. The normalized spacial score (nSPS) is 17.1. The zero-order chi connectivity index (χ0) is 18.7. The van der Waals surface area contributed by atoms with E-state index in [0.29, 0.717) is 30.6 Å². The number of rotatable bonds is 5. The maximum absolute atomic E-state index is 12.7. The van der Waals surface area contributed by atoms with Crippen LogP contribution in [0.1, 0.15) is 28.9 Å². The van der Waals surface area contributed by atoms with Gasteiger partial charge in [0.05, 0.1) is 13.0 Å². The van der Waals surface area contributed by atoms with Crippen molar-refractivity contribution < 1.29 is 4.79 Å². The van der Waals surface area contributed by atoms with Crippen LogP contribution in [0.4, 0.5) is 5.82 Å². The lowest BCUT2D eigenvalue weighted by molar-refractivity contribution is -0.129. The third-order valence-corrected chi connectivity index (χ3v) is 5.10. The van der Waals surface area contributed by atoms with E-state index >= 15 is 0 Å². The molecule has 1 aliphatic rings. The van der Waals surface area contributed by atoms with Crippen molar-refractivity contribution in [2.24, 2.45) is 0 Å². The van der Waals surface area contributed by atoms with Crippen LogP contribution in [0, 0.1) is 13.8 Å². The zero-order valence-corrected chi connectivity index (χ0v) is 15.8. The summed E-state index contributed by atoms with van der Waals surface area (Å²) >= 11 is 0. The molecule has 2 heterocycles. The Labute approximate surface area is 155 Å². The molecule has 0 unspecified atom stereocenters. The first-order chi connectivity index (χ1) is 12.4. The fraction of sp³-hybridized carbons (Fsp3) is 0.450. The molecule has 138 valence electrons. The number of amides is 1. The second kappa shape index (κ2) is 7.83. The Morgan fingerprint density at radius 3 is 2.92 bits per heavy atom. The lowest BCUT2D eigenvalue weighted by atomic mass is 10.0. The van der Waals surface area contributed by atoms with E-state index in [1.807, 2.05) is 4.90 Å². The lowest BCUT2D eigenvalue weighted by Crippen LogP contribution is -2.37. The number of nitrogens with zero attached hydrogens (tertiary/aromatic N) is 4. The number of hydrogen-bond acceptors (Lipinski definition) is 5. The number of aryl methyl sites for hydroxylation is 2. The van der Waals surface area contributed by atoms with Crippen LogP contribution in [0.25, 0.3) is 0 Å². The van der Waals surface area contributed by atoms with Crippen LogP contribution in [-0.4, -0.2) is 51.9 Å². The standard InChI is InChI=1S/C20H27N5O/c1-14-4-5-15(2)16(10-14)11-20(26)25-9-7-17(12-25)24(3)13-19-22-8-6-18(21)23-19/h4-6,8,10,17H,7,9,11-13H2,1-3H3,(H2,21,22,23)/t17-/m0/s1. The molecule has 6 nitrogen and oxygen atoms in total. The third-order valence-electron chi connectivity index (χ3n) is 5.10. The average Bonchev–Trinajstić information content (AvgIpc) is 3.08. The Morgan fingerprint density at radius 1 is 1.35 bits per heavy atom. The molecule has 1 aromatic heterocycles. The summed E-state index contributed by atoms with van der Waals surface area (Å²) in [6, 6.07) is 8.30. The number of nitrogens with two attached hydrogens (primary N) is 1. The molecule has 0 radical (unpaired) electrons. The number of aromatic nitrogens is 2. The van der Waals surface area contributed by atoms with Crippen LogP contribution in [0.15, 0.2) is 30.5 Å². The maximum Gasteiger partial charge on any atom is 0.227 e. The van der Waals surface area contributed by atoms with Crippen molar-refractivity contribution in [3.8, 4) is 0 Å². The first kappa shape index (κ1) is 18.3. The highest BCUT2D eigenvalue weighted by Gasteiger charge is 2.29. The summed E-state index contributed by atoms with van der Waals surface area (Å²) in [6.45, 7) is 6.31. The van der Waals surface area contributed by atoms with Crippen molar-refractivity contribution in [1.29, 1.82) is 0 Å². The highest BCUT2D eigenvalue weighted by Crippen LogP contribution is 2.19. The average molecular weight is 353 g/mol. The van der Waals surface area contributed by atoms with Crippen molar-refractivity contribution in [1.82, 2.24) is 19.8 Å². The fourth-order valence-electron chi connectivity index (χ4n) is 3.44. The van der Waals surface area contributed by atoms with Gasteiger partial charge in [-0.15, -0.1) is 0 Å². The quantitative estimate of drug-likeness (QED) is 0.889. The molecule has 1 fully saturated rings. The van der Waals surface area contributed by atoms with Crippen LogP contribution in [0.3, 0.4) is 0 Å². The van der Waals surface area contributed by atoms with Gasteiger partial charge in [-0.1, -0.05) is 23.8 Å². The minimum atomic E-state index is 0.204. The Hall–Kier alpha value is -2.47. The minimum Gasteiger partial charge on any atom is -0.384 e. The van der Waals surface area contributed by atoms with E-state index in [4.69, 9.17) is 5.73 Å². The number of carbonyl (C=O) groups excluding carboxylic acids is 1. The van der Waals surface area contributed by atoms with Crippen molar-refractivity contribution in [2.45, 2.75) is 39.3 Å². The molecule has 0 spiro atoms. The van der Waals surface area contributed by atoms with Gasteiger partial charge < -0.3 is 10.6 Å². The van der Waals surface area contributed by atoms with E-state index in [9.17, 15) is 4.79 Å². The van der Waals surface area contributed by atoms with Gasteiger partial charge in [-0.2, -0.15) is 0 Å². The van der Waals surface area contributed by atoms with Crippen molar-refractivity contribution in [2.75, 3.05) is 25.9 Å². The van der Waals surface area contributed by atoms with Gasteiger partial charge in [-0.05, 0) is 44.5 Å². The van der Waals surface area contributed by atoms with E-state index in [-0.39, 0.29) is 5.91 Å². The molecule has 0 aliphatic carbocycles. The van der Waals surface area contributed by atoms with Gasteiger partial charge >= 0.3 is 0 Å². The molecule has 1 aliphatic heterocycles. The number of likely N-dealkylation sites (tertiary alicyclic amines) is 1. The molecule has 0 saturated carbocycles. The smallest absolute Gasteiger partial charge is 0.227 e. The molecule has 3 rings (SSSR count). The fourth-order valence-corrected chi connectivity index (χ4v) is 3.44. The minimum absolute atomic E-state index is 0.204. The van der Waals surface area contributed by atoms with Crippen molar-refractivity contribution >= 4 is 11.7 Å². The molecule has 2 N–H and O–H groups in total. The molecular formula is C20H27N5O. The summed E-state index contributed by atoms with van der Waals surface area (Å²) in [7, 11) is 2.05. The molecule has 1 atom stereocenters. The summed E-state index contributed by atoms with van der Waals surface area (Å²) in [4.78, 5) is 25.4. The first-order valence-electron chi connectivity index (χ1n) is 9.04. The number of hydrogen-bond donors (Lipinski definition) is 1. The molecule has 2 aromatic rings. The third kappa shape index (κ3) is 4.38. The zero-order valence-electron chi connectivity index (χ0n) is 15.8. The van der Waals surface area contributed by atoms with E-state index in [1.54, 1.807) is 12.3 Å². The lowest BCUT2D eigenvalue weighted by Gasteiger charge is -2.24. The van der Waals surface area contributed by atoms with Gasteiger partial charge in [0.2, 0.25) is 5.91 Å². The molecule has 26 heavy (non-hydrogen) atoms. The molecule has 0 bridgehead atoms. The molecular weight excluding hydrogens is 326 g/mol. The number of benzene rings is 1. The Balaban J connectivity index is 1.57. The van der Waals surface area contributed by atoms with Gasteiger partial charge in [0, 0.05) is 25.3 Å². The summed E-state index contributed by atoms with van der Waals surface area (Å²) in [5, 5.41) is 0. The molecule has 6 heteroatoms. The summed E-state index contributed by atoms with van der Waals surface area (Å²) < 4.78 is 0. The summed E-state index contributed by atoms with van der Waals surface area (Å²) in [6.07, 6.45) is 3.12. The van der Waals surface area contributed by atoms with E-state index < -0.39 is 0 Å². The predicted octanol–water partition coefficient (Wildman–Crippen LogP) is 1.95. The Kier molecular flexibility index (Phi) is 5.52. The van der Waals surface area contributed by atoms with Crippen molar-refractivity contribution in [3.05, 3.63) is 53.0 Å². The van der Waals surface area contributed by atoms with Gasteiger partial charge in [-0.25, -0.2) is 9.97 Å².